The van der Waals surface area contributed by atoms with Crippen LogP contribution in [0.5, 0.6) is 5.75 Å². The number of benzene rings is 1. The monoisotopic (exact) mass is 484 g/mol. The third-order valence-corrected chi connectivity index (χ3v) is 7.72. The summed E-state index contributed by atoms with van der Waals surface area (Å²) in [5.74, 6) is 1.52. The Kier molecular flexibility index (Phi) is 6.30. The second kappa shape index (κ2) is 9.88. The minimum Gasteiger partial charge on any atom is -0.487 e. The average molecular weight is 485 g/mol. The minimum absolute atomic E-state index is 0.145. The molecule has 0 aliphatic carbocycles. The third kappa shape index (κ3) is 4.43. The van der Waals surface area contributed by atoms with Crippen molar-refractivity contribution in [1.82, 2.24) is 25.2 Å². The maximum Gasteiger partial charge on any atom is 0.225 e. The van der Waals surface area contributed by atoms with Gasteiger partial charge in [0.1, 0.15) is 12.2 Å². The van der Waals surface area contributed by atoms with Crippen LogP contribution in [0.2, 0.25) is 0 Å². The van der Waals surface area contributed by atoms with Crippen molar-refractivity contribution in [3.8, 4) is 11.8 Å². The molecule has 3 aliphatic rings. The summed E-state index contributed by atoms with van der Waals surface area (Å²) in [6.07, 6.45) is 7.52. The van der Waals surface area contributed by atoms with E-state index in [4.69, 9.17) is 4.74 Å². The molecule has 3 aliphatic heterocycles. The van der Waals surface area contributed by atoms with Gasteiger partial charge in [0.2, 0.25) is 5.95 Å². The first-order valence-corrected chi connectivity index (χ1v) is 12.9. The van der Waals surface area contributed by atoms with E-state index >= 15 is 0 Å². The van der Waals surface area contributed by atoms with E-state index in [2.05, 4.69) is 60.1 Å². The average Bonchev–Trinajstić information content (AvgIpc) is 2.93. The van der Waals surface area contributed by atoms with Crippen LogP contribution in [0.4, 0.5) is 11.6 Å². The number of nitrogens with one attached hydrogen (secondary N) is 1. The fraction of sp³-hybridized carbons (Fsp3) is 0.481. The van der Waals surface area contributed by atoms with E-state index in [-0.39, 0.29) is 6.10 Å². The normalized spacial score (nSPS) is 24.8. The molecule has 0 saturated carbocycles. The Balaban J connectivity index is 1.16. The Labute approximate surface area is 211 Å². The standard InChI is InChI=1S/C27H32N8O/c1-19-17-34(25-5-4-20(14-28)26-24(25)3-2-7-30-26)18-21-13-22(6-10-35(19)21)36-23-15-31-27(32-16-23)33-11-8-29-9-12-33/h2-5,7,15-16,19,21-22,29H,6,8-13,17-18H2,1H3/t19-,21+,22+/m1/s1. The van der Waals surface area contributed by atoms with Crippen LogP contribution < -0.4 is 19.9 Å². The molecule has 3 saturated heterocycles. The van der Waals surface area contributed by atoms with Crippen LogP contribution in [-0.2, 0) is 0 Å². The molecule has 1 N–H and O–H groups in total. The van der Waals surface area contributed by atoms with E-state index in [1.54, 1.807) is 6.20 Å². The molecule has 2 aromatic heterocycles. The maximum atomic E-state index is 9.53. The molecule has 6 rings (SSSR count). The first-order chi connectivity index (χ1) is 17.7. The number of piperazine rings is 2. The second-order valence-corrected chi connectivity index (χ2v) is 10.0. The van der Waals surface area contributed by atoms with Crippen LogP contribution in [-0.4, -0.2) is 83.9 Å². The maximum absolute atomic E-state index is 9.53. The van der Waals surface area contributed by atoms with Crippen LogP contribution in [0.25, 0.3) is 10.9 Å². The predicted molar refractivity (Wildman–Crippen MR) is 139 cm³/mol. The van der Waals surface area contributed by atoms with E-state index in [0.29, 0.717) is 17.6 Å². The Bertz CT molecular complexity index is 1250. The van der Waals surface area contributed by atoms with E-state index in [1.165, 1.54) is 0 Å². The van der Waals surface area contributed by atoms with E-state index in [1.807, 2.05) is 24.5 Å². The Morgan fingerprint density at radius 1 is 1.03 bits per heavy atom. The van der Waals surface area contributed by atoms with Crippen molar-refractivity contribution < 1.29 is 4.74 Å². The topological polar surface area (TPSA) is 93.4 Å². The van der Waals surface area contributed by atoms with Gasteiger partial charge in [-0.1, -0.05) is 0 Å². The molecule has 0 radical (unpaired) electrons. The molecule has 3 fully saturated rings. The molecule has 0 amide bonds. The van der Waals surface area contributed by atoms with Crippen molar-refractivity contribution in [2.75, 3.05) is 55.6 Å². The molecule has 186 valence electrons. The van der Waals surface area contributed by atoms with Gasteiger partial charge in [-0.15, -0.1) is 0 Å². The van der Waals surface area contributed by atoms with E-state index in [0.717, 1.165) is 86.9 Å². The number of rotatable bonds is 4. The summed E-state index contributed by atoms with van der Waals surface area (Å²) in [6, 6.07) is 11.1. The van der Waals surface area contributed by atoms with Gasteiger partial charge in [0.05, 0.1) is 23.5 Å². The molecular formula is C27H32N8O. The number of anilines is 2. The minimum atomic E-state index is 0.145. The summed E-state index contributed by atoms with van der Waals surface area (Å²) >= 11 is 0. The van der Waals surface area contributed by atoms with Crippen LogP contribution in [0.3, 0.4) is 0 Å². The zero-order valence-electron chi connectivity index (χ0n) is 20.7. The largest absolute Gasteiger partial charge is 0.487 e. The quantitative estimate of drug-likeness (QED) is 0.599. The number of piperidine rings is 1. The number of nitriles is 1. The van der Waals surface area contributed by atoms with Gasteiger partial charge < -0.3 is 19.9 Å². The lowest BCUT2D eigenvalue weighted by atomic mass is 9.93. The molecule has 0 bridgehead atoms. The van der Waals surface area contributed by atoms with Crippen LogP contribution in [0.15, 0.2) is 42.9 Å². The van der Waals surface area contributed by atoms with Gasteiger partial charge in [-0.05, 0) is 37.6 Å². The lowest BCUT2D eigenvalue weighted by Gasteiger charge is -2.50. The number of hydrogen-bond donors (Lipinski definition) is 1. The molecule has 5 heterocycles. The predicted octanol–water partition coefficient (Wildman–Crippen LogP) is 2.43. The summed E-state index contributed by atoms with van der Waals surface area (Å²) in [5.41, 5.74) is 2.56. The van der Waals surface area contributed by atoms with Crippen molar-refractivity contribution in [3.63, 3.8) is 0 Å². The van der Waals surface area contributed by atoms with Crippen molar-refractivity contribution in [2.24, 2.45) is 0 Å². The zero-order valence-corrected chi connectivity index (χ0v) is 20.7. The molecule has 9 heteroatoms. The van der Waals surface area contributed by atoms with Gasteiger partial charge in [-0.3, -0.25) is 9.88 Å². The number of pyridine rings is 1. The van der Waals surface area contributed by atoms with Crippen molar-refractivity contribution in [1.29, 1.82) is 5.26 Å². The van der Waals surface area contributed by atoms with Crippen molar-refractivity contribution in [2.45, 2.75) is 38.0 Å². The highest BCUT2D eigenvalue weighted by Crippen LogP contribution is 2.34. The molecule has 9 nitrogen and oxygen atoms in total. The highest BCUT2D eigenvalue weighted by molar-refractivity contribution is 5.95. The van der Waals surface area contributed by atoms with Crippen LogP contribution in [0, 0.1) is 11.3 Å². The van der Waals surface area contributed by atoms with Gasteiger partial charge in [0.15, 0.2) is 5.75 Å². The number of fused-ring (bicyclic) bond motifs is 2. The Morgan fingerprint density at radius 2 is 1.86 bits per heavy atom. The van der Waals surface area contributed by atoms with Gasteiger partial charge >= 0.3 is 0 Å². The number of nitrogens with zero attached hydrogens (tertiary/aromatic N) is 7. The highest BCUT2D eigenvalue weighted by Gasteiger charge is 2.38. The molecule has 36 heavy (non-hydrogen) atoms. The van der Waals surface area contributed by atoms with E-state index < -0.39 is 0 Å². The lowest BCUT2D eigenvalue weighted by molar-refractivity contribution is 0.0236. The fourth-order valence-electron chi connectivity index (χ4n) is 5.96. The lowest BCUT2D eigenvalue weighted by Crippen LogP contribution is -2.61. The summed E-state index contributed by atoms with van der Waals surface area (Å²) < 4.78 is 6.38. The number of hydrogen-bond acceptors (Lipinski definition) is 9. The Hall–Kier alpha value is -3.48. The Morgan fingerprint density at radius 3 is 2.67 bits per heavy atom. The van der Waals surface area contributed by atoms with Gasteiger partial charge in [-0.25, -0.2) is 9.97 Å². The third-order valence-electron chi connectivity index (χ3n) is 7.72. The first-order valence-electron chi connectivity index (χ1n) is 12.9. The molecule has 3 atom stereocenters. The molecule has 0 unspecified atom stereocenters. The highest BCUT2D eigenvalue weighted by atomic mass is 16.5. The summed E-state index contributed by atoms with van der Waals surface area (Å²) in [6.45, 7) is 9.02. The van der Waals surface area contributed by atoms with Gasteiger partial charge in [0, 0.05) is 81.6 Å². The fourth-order valence-corrected chi connectivity index (χ4v) is 5.96. The van der Waals surface area contributed by atoms with Gasteiger partial charge in [0.25, 0.3) is 0 Å². The number of ether oxygens (including phenoxy) is 1. The summed E-state index contributed by atoms with van der Waals surface area (Å²) in [7, 11) is 0. The van der Waals surface area contributed by atoms with Crippen molar-refractivity contribution >= 4 is 22.5 Å². The van der Waals surface area contributed by atoms with E-state index in [9.17, 15) is 5.26 Å². The zero-order chi connectivity index (χ0) is 24.5. The molecule has 1 aromatic carbocycles. The summed E-state index contributed by atoms with van der Waals surface area (Å²) in [4.78, 5) is 20.9. The second-order valence-electron chi connectivity index (χ2n) is 10.0. The smallest absolute Gasteiger partial charge is 0.225 e. The molecule has 0 spiro atoms. The SMILES string of the molecule is C[C@@H]1CN(c2ccc(C#N)c3ncccc23)C[C@@H]2C[C@@H](Oc3cnc(N4CCNCC4)nc3)CCN21. The summed E-state index contributed by atoms with van der Waals surface area (Å²) in [5, 5.41) is 13.9. The molecule has 3 aromatic rings. The first kappa shape index (κ1) is 23.0. The van der Waals surface area contributed by atoms with Crippen LogP contribution in [0.1, 0.15) is 25.3 Å². The van der Waals surface area contributed by atoms with Crippen LogP contribution >= 0.6 is 0 Å². The van der Waals surface area contributed by atoms with Crippen molar-refractivity contribution in [3.05, 3.63) is 48.4 Å². The molecular weight excluding hydrogens is 452 g/mol. The number of aromatic nitrogens is 3. The van der Waals surface area contributed by atoms with Gasteiger partial charge in [-0.2, -0.15) is 5.26 Å².